The number of aryl methyl sites for hydroxylation is 1. The van der Waals surface area contributed by atoms with E-state index in [2.05, 4.69) is 15.3 Å². The first-order chi connectivity index (χ1) is 7.16. The third-order valence-electron chi connectivity index (χ3n) is 2.53. The van der Waals surface area contributed by atoms with Crippen LogP contribution in [0, 0.1) is 6.92 Å². The van der Waals surface area contributed by atoms with Crippen LogP contribution in [-0.4, -0.2) is 28.8 Å². The van der Waals surface area contributed by atoms with Crippen LogP contribution in [0.25, 0.3) is 0 Å². The summed E-state index contributed by atoms with van der Waals surface area (Å²) in [4.78, 5) is 19.8. The molecule has 1 aromatic rings. The highest BCUT2D eigenvalue weighted by atomic mass is 16.1. The van der Waals surface area contributed by atoms with Crippen LogP contribution in [0.5, 0.6) is 0 Å². The van der Waals surface area contributed by atoms with E-state index in [-0.39, 0.29) is 17.6 Å². The molecule has 5 heteroatoms. The second-order valence-electron chi connectivity index (χ2n) is 3.77. The van der Waals surface area contributed by atoms with Crippen LogP contribution in [0.4, 0.5) is 5.95 Å². The van der Waals surface area contributed by atoms with Crippen molar-refractivity contribution < 1.29 is 4.79 Å². The molecule has 3 N–H and O–H groups in total. The third-order valence-corrected chi connectivity index (χ3v) is 2.53. The number of hydrogen-bond donors (Lipinski definition) is 2. The van der Waals surface area contributed by atoms with Gasteiger partial charge in [0, 0.05) is 25.2 Å². The largest absolute Gasteiger partial charge is 0.368 e. The Morgan fingerprint density at radius 2 is 2.33 bits per heavy atom. The molecule has 1 unspecified atom stereocenters. The summed E-state index contributed by atoms with van der Waals surface area (Å²) in [6.45, 7) is 3.26. The lowest BCUT2D eigenvalue weighted by atomic mass is 9.94. The van der Waals surface area contributed by atoms with Gasteiger partial charge >= 0.3 is 0 Å². The van der Waals surface area contributed by atoms with Crippen LogP contribution in [0.2, 0.25) is 0 Å². The first-order valence-corrected chi connectivity index (χ1v) is 5.01. The summed E-state index contributed by atoms with van der Waals surface area (Å²) in [6.07, 6.45) is 0.563. The molecule has 2 rings (SSSR count). The fraction of sp³-hybridized carbons (Fsp3) is 0.500. The lowest BCUT2D eigenvalue weighted by Gasteiger charge is -2.21. The lowest BCUT2D eigenvalue weighted by Crippen LogP contribution is -2.35. The van der Waals surface area contributed by atoms with Crippen LogP contribution in [0.15, 0.2) is 6.07 Å². The molecule has 1 aliphatic rings. The Bertz CT molecular complexity index is 371. The maximum Gasteiger partial charge on any atom is 0.220 e. The molecule has 0 aromatic carbocycles. The van der Waals surface area contributed by atoms with Gasteiger partial charge in [0.05, 0.1) is 11.6 Å². The molecule has 80 valence electrons. The van der Waals surface area contributed by atoms with E-state index < -0.39 is 0 Å². The van der Waals surface area contributed by atoms with Crippen molar-refractivity contribution in [2.24, 2.45) is 0 Å². The highest BCUT2D eigenvalue weighted by Gasteiger charge is 2.25. The molecule has 15 heavy (non-hydrogen) atoms. The topological polar surface area (TPSA) is 80.9 Å². The van der Waals surface area contributed by atoms with Crippen LogP contribution >= 0.6 is 0 Å². The van der Waals surface area contributed by atoms with E-state index in [1.807, 2.05) is 13.0 Å². The normalized spacial score (nSPS) is 21.7. The minimum atomic E-state index is -0.164. The van der Waals surface area contributed by atoms with Crippen molar-refractivity contribution in [3.05, 3.63) is 17.5 Å². The molecule has 0 radical (unpaired) electrons. The number of nitrogen functional groups attached to an aromatic ring is 1. The number of nitrogens with two attached hydrogens (primary N) is 1. The van der Waals surface area contributed by atoms with Crippen molar-refractivity contribution in [2.45, 2.75) is 19.3 Å². The molecular weight excluding hydrogens is 192 g/mol. The highest BCUT2D eigenvalue weighted by molar-refractivity contribution is 5.86. The zero-order valence-electron chi connectivity index (χ0n) is 8.66. The predicted octanol–water partition coefficient (Wildman–Crippen LogP) is 0.0132. The van der Waals surface area contributed by atoms with E-state index in [4.69, 9.17) is 5.73 Å². The second-order valence-corrected chi connectivity index (χ2v) is 3.77. The molecule has 0 spiro atoms. The van der Waals surface area contributed by atoms with Crippen molar-refractivity contribution in [1.29, 1.82) is 0 Å². The number of ketones is 1. The number of piperidine rings is 1. The van der Waals surface area contributed by atoms with Gasteiger partial charge in [0.25, 0.3) is 0 Å². The van der Waals surface area contributed by atoms with Gasteiger partial charge in [-0.15, -0.1) is 0 Å². The summed E-state index contributed by atoms with van der Waals surface area (Å²) in [7, 11) is 0. The van der Waals surface area contributed by atoms with Gasteiger partial charge in [0.1, 0.15) is 5.78 Å². The van der Waals surface area contributed by atoms with E-state index in [1.165, 1.54) is 0 Å². The van der Waals surface area contributed by atoms with Gasteiger partial charge in [-0.2, -0.15) is 0 Å². The Labute approximate surface area is 88.1 Å². The van der Waals surface area contributed by atoms with E-state index >= 15 is 0 Å². The lowest BCUT2D eigenvalue weighted by molar-refractivity contribution is -0.121. The number of carbonyl (C=O) groups is 1. The number of hydrogen-bond acceptors (Lipinski definition) is 5. The highest BCUT2D eigenvalue weighted by Crippen LogP contribution is 2.19. The van der Waals surface area contributed by atoms with Crippen molar-refractivity contribution in [1.82, 2.24) is 15.3 Å². The number of Topliss-reactive ketones (excluding diaryl/α,β-unsaturated/α-hetero) is 1. The van der Waals surface area contributed by atoms with Crippen molar-refractivity contribution >= 4 is 11.7 Å². The summed E-state index contributed by atoms with van der Waals surface area (Å²) >= 11 is 0. The van der Waals surface area contributed by atoms with Crippen LogP contribution in [-0.2, 0) is 4.79 Å². The predicted molar refractivity (Wildman–Crippen MR) is 56.4 cm³/mol. The SMILES string of the molecule is Cc1cc(C2CNCCC2=O)nc(N)n1. The Hall–Kier alpha value is -1.49. The maximum atomic E-state index is 11.7. The van der Waals surface area contributed by atoms with Crippen LogP contribution in [0.3, 0.4) is 0 Å². The quantitative estimate of drug-likeness (QED) is 0.676. The minimum absolute atomic E-state index is 0.164. The van der Waals surface area contributed by atoms with Gasteiger partial charge in [-0.05, 0) is 13.0 Å². The Morgan fingerprint density at radius 1 is 1.53 bits per heavy atom. The number of nitrogens with zero attached hydrogens (tertiary/aromatic N) is 2. The van der Waals surface area contributed by atoms with Gasteiger partial charge in [0.2, 0.25) is 5.95 Å². The average Bonchev–Trinajstić information content (AvgIpc) is 2.16. The number of carbonyl (C=O) groups excluding carboxylic acids is 1. The summed E-state index contributed by atoms with van der Waals surface area (Å²) in [5, 5.41) is 3.18. The summed E-state index contributed by atoms with van der Waals surface area (Å²) in [6, 6.07) is 1.83. The van der Waals surface area contributed by atoms with Crippen molar-refractivity contribution in [3.8, 4) is 0 Å². The number of nitrogens with one attached hydrogen (secondary N) is 1. The minimum Gasteiger partial charge on any atom is -0.368 e. The zero-order chi connectivity index (χ0) is 10.8. The molecule has 0 saturated carbocycles. The Kier molecular flexibility index (Phi) is 2.64. The molecule has 1 aliphatic heterocycles. The smallest absolute Gasteiger partial charge is 0.220 e. The molecule has 1 saturated heterocycles. The van der Waals surface area contributed by atoms with E-state index in [0.29, 0.717) is 13.0 Å². The number of anilines is 1. The first kappa shape index (κ1) is 10.0. The van der Waals surface area contributed by atoms with Crippen LogP contribution in [0.1, 0.15) is 23.7 Å². The molecule has 1 fully saturated rings. The molecule has 2 heterocycles. The standard InChI is InChI=1S/C10H14N4O/c1-6-4-8(14-10(11)13-6)7-5-12-3-2-9(7)15/h4,7,12H,2-3,5H2,1H3,(H2,11,13,14). The Balaban J connectivity index is 2.31. The third kappa shape index (κ3) is 2.12. The van der Waals surface area contributed by atoms with Gasteiger partial charge < -0.3 is 11.1 Å². The van der Waals surface area contributed by atoms with Crippen molar-refractivity contribution in [3.63, 3.8) is 0 Å². The maximum absolute atomic E-state index is 11.7. The average molecular weight is 206 g/mol. The molecule has 0 bridgehead atoms. The van der Waals surface area contributed by atoms with Gasteiger partial charge in [-0.3, -0.25) is 4.79 Å². The first-order valence-electron chi connectivity index (χ1n) is 5.01. The fourth-order valence-corrected chi connectivity index (χ4v) is 1.81. The zero-order valence-corrected chi connectivity index (χ0v) is 8.66. The summed E-state index contributed by atoms with van der Waals surface area (Å²) in [5.74, 6) is 0.303. The van der Waals surface area contributed by atoms with E-state index in [1.54, 1.807) is 0 Å². The molecule has 1 atom stereocenters. The van der Waals surface area contributed by atoms with Crippen LogP contribution < -0.4 is 11.1 Å². The number of aromatic nitrogens is 2. The molecule has 5 nitrogen and oxygen atoms in total. The molecule has 0 aliphatic carbocycles. The summed E-state index contributed by atoms with van der Waals surface area (Å²) < 4.78 is 0. The Morgan fingerprint density at radius 3 is 3.00 bits per heavy atom. The van der Waals surface area contributed by atoms with Gasteiger partial charge in [-0.1, -0.05) is 0 Å². The summed E-state index contributed by atoms with van der Waals surface area (Å²) in [5.41, 5.74) is 7.09. The van der Waals surface area contributed by atoms with E-state index in [0.717, 1.165) is 17.9 Å². The van der Waals surface area contributed by atoms with Gasteiger partial charge in [0.15, 0.2) is 0 Å². The van der Waals surface area contributed by atoms with Gasteiger partial charge in [-0.25, -0.2) is 9.97 Å². The fourth-order valence-electron chi connectivity index (χ4n) is 1.81. The molecular formula is C10H14N4O. The second kappa shape index (κ2) is 3.94. The monoisotopic (exact) mass is 206 g/mol. The van der Waals surface area contributed by atoms with E-state index in [9.17, 15) is 4.79 Å². The van der Waals surface area contributed by atoms with Crippen molar-refractivity contribution in [2.75, 3.05) is 18.8 Å². The molecule has 0 amide bonds. The number of rotatable bonds is 1. The molecule has 1 aromatic heterocycles.